The zero-order valence-electron chi connectivity index (χ0n) is 9.75. The zero-order valence-corrected chi connectivity index (χ0v) is 9.75. The lowest BCUT2D eigenvalue weighted by Gasteiger charge is -2.00. The van der Waals surface area contributed by atoms with Gasteiger partial charge in [-0.1, -0.05) is 37.6 Å². The Kier molecular flexibility index (Phi) is 3.25. The lowest BCUT2D eigenvalue weighted by Crippen LogP contribution is -1.85. The summed E-state index contributed by atoms with van der Waals surface area (Å²) in [5, 5.41) is 10.2. The van der Waals surface area contributed by atoms with E-state index in [1.165, 1.54) is 17.5 Å². The Morgan fingerprint density at radius 1 is 1.25 bits per heavy atom. The summed E-state index contributed by atoms with van der Waals surface area (Å²) in [5.41, 5.74) is 3.61. The van der Waals surface area contributed by atoms with E-state index >= 15 is 0 Å². The van der Waals surface area contributed by atoms with Crippen molar-refractivity contribution in [2.45, 2.75) is 19.8 Å². The van der Waals surface area contributed by atoms with Crippen LogP contribution in [0, 0.1) is 0 Å². The Hall–Kier alpha value is -1.77. The van der Waals surface area contributed by atoms with Crippen LogP contribution in [0.5, 0.6) is 0 Å². The van der Waals surface area contributed by atoms with Gasteiger partial charge in [-0.3, -0.25) is 5.10 Å². The number of aromatic nitrogens is 2. The van der Waals surface area contributed by atoms with Crippen molar-refractivity contribution in [3.05, 3.63) is 35.9 Å². The molecule has 84 valence electrons. The highest BCUT2D eigenvalue weighted by Gasteiger charge is 2.01. The number of benzene rings is 1. The number of nitrogens with zero attached hydrogens (tertiary/aromatic N) is 1. The van der Waals surface area contributed by atoms with Gasteiger partial charge in [-0.05, 0) is 17.5 Å². The van der Waals surface area contributed by atoms with Crippen molar-refractivity contribution in [2.75, 3.05) is 12.4 Å². The highest BCUT2D eigenvalue weighted by molar-refractivity contribution is 5.62. The second-order valence-electron chi connectivity index (χ2n) is 3.86. The lowest BCUT2D eigenvalue weighted by atomic mass is 10.1. The van der Waals surface area contributed by atoms with Gasteiger partial charge in [0.1, 0.15) is 5.82 Å². The van der Waals surface area contributed by atoms with Crippen LogP contribution in [0.1, 0.15) is 18.9 Å². The first-order chi connectivity index (χ1) is 7.83. The molecule has 3 nitrogen and oxygen atoms in total. The first kappa shape index (κ1) is 10.7. The summed E-state index contributed by atoms with van der Waals surface area (Å²) in [6.45, 7) is 2.20. The second-order valence-corrected chi connectivity index (χ2v) is 3.86. The Balaban J connectivity index is 2.20. The molecule has 0 fully saturated rings. The molecule has 16 heavy (non-hydrogen) atoms. The summed E-state index contributed by atoms with van der Waals surface area (Å²) in [4.78, 5) is 0. The van der Waals surface area contributed by atoms with Crippen LogP contribution in [0.15, 0.2) is 30.3 Å². The van der Waals surface area contributed by atoms with Gasteiger partial charge in [0.25, 0.3) is 0 Å². The predicted molar refractivity (Wildman–Crippen MR) is 67.6 cm³/mol. The fourth-order valence-corrected chi connectivity index (χ4v) is 1.74. The summed E-state index contributed by atoms with van der Waals surface area (Å²) in [6, 6.07) is 10.6. The van der Waals surface area contributed by atoms with Crippen LogP contribution < -0.4 is 5.32 Å². The molecule has 0 amide bonds. The Bertz CT molecular complexity index is 442. The zero-order chi connectivity index (χ0) is 11.4. The molecule has 0 aliphatic rings. The molecule has 0 aliphatic carbocycles. The van der Waals surface area contributed by atoms with Gasteiger partial charge in [0.15, 0.2) is 0 Å². The number of hydrogen-bond donors (Lipinski definition) is 2. The van der Waals surface area contributed by atoms with Crippen LogP contribution in [0.25, 0.3) is 11.3 Å². The maximum Gasteiger partial charge on any atom is 0.148 e. The third kappa shape index (κ3) is 2.24. The summed E-state index contributed by atoms with van der Waals surface area (Å²) in [7, 11) is 1.87. The smallest absolute Gasteiger partial charge is 0.148 e. The molecule has 2 N–H and O–H groups in total. The molecule has 3 heteroatoms. The summed E-state index contributed by atoms with van der Waals surface area (Å²) in [6.07, 6.45) is 2.33. The maximum atomic E-state index is 4.13. The molecule has 1 heterocycles. The Labute approximate surface area is 95.9 Å². The Morgan fingerprint density at radius 2 is 2.00 bits per heavy atom. The molecule has 2 aromatic rings. The average molecular weight is 215 g/mol. The highest BCUT2D eigenvalue weighted by atomic mass is 15.2. The number of anilines is 1. The first-order valence-corrected chi connectivity index (χ1v) is 5.66. The summed E-state index contributed by atoms with van der Waals surface area (Å²) in [5.74, 6) is 0.868. The molecule has 0 atom stereocenters. The van der Waals surface area contributed by atoms with Crippen molar-refractivity contribution in [3.8, 4) is 11.3 Å². The average Bonchev–Trinajstić information content (AvgIpc) is 2.79. The number of aryl methyl sites for hydroxylation is 1. The van der Waals surface area contributed by atoms with Gasteiger partial charge in [-0.25, -0.2) is 0 Å². The van der Waals surface area contributed by atoms with Gasteiger partial charge in [0.2, 0.25) is 0 Å². The van der Waals surface area contributed by atoms with Crippen LogP contribution in [0.4, 0.5) is 5.82 Å². The van der Waals surface area contributed by atoms with E-state index in [0.29, 0.717) is 0 Å². The molecular weight excluding hydrogens is 198 g/mol. The largest absolute Gasteiger partial charge is 0.372 e. The van der Waals surface area contributed by atoms with Crippen molar-refractivity contribution in [3.63, 3.8) is 0 Å². The molecule has 0 spiro atoms. The van der Waals surface area contributed by atoms with Crippen LogP contribution >= 0.6 is 0 Å². The third-order valence-electron chi connectivity index (χ3n) is 2.64. The van der Waals surface area contributed by atoms with Gasteiger partial charge in [-0.2, -0.15) is 5.10 Å². The van der Waals surface area contributed by atoms with Gasteiger partial charge in [-0.15, -0.1) is 0 Å². The molecule has 1 aromatic carbocycles. The SMILES string of the molecule is CCCc1ccc(-c2cc(NC)n[nH]2)cc1. The van der Waals surface area contributed by atoms with Crippen LogP contribution in [-0.4, -0.2) is 17.2 Å². The van der Waals surface area contributed by atoms with Crippen LogP contribution in [0.2, 0.25) is 0 Å². The quantitative estimate of drug-likeness (QED) is 0.823. The first-order valence-electron chi connectivity index (χ1n) is 5.66. The molecule has 0 bridgehead atoms. The minimum absolute atomic E-state index is 0.868. The molecule has 0 saturated carbocycles. The number of nitrogens with one attached hydrogen (secondary N) is 2. The summed E-state index contributed by atoms with van der Waals surface area (Å²) >= 11 is 0. The second kappa shape index (κ2) is 4.84. The lowest BCUT2D eigenvalue weighted by molar-refractivity contribution is 0.922. The fourth-order valence-electron chi connectivity index (χ4n) is 1.74. The van der Waals surface area contributed by atoms with E-state index in [1.54, 1.807) is 0 Å². The van der Waals surface area contributed by atoms with Gasteiger partial charge in [0.05, 0.1) is 5.69 Å². The van der Waals surface area contributed by atoms with E-state index in [0.717, 1.165) is 17.9 Å². The number of hydrogen-bond acceptors (Lipinski definition) is 2. The standard InChI is InChI=1S/C13H17N3/c1-3-4-10-5-7-11(8-6-10)12-9-13(14-2)16-15-12/h5-9H,3-4H2,1-2H3,(H2,14,15,16). The molecule has 0 radical (unpaired) electrons. The van der Waals surface area contributed by atoms with Crippen LogP contribution in [-0.2, 0) is 6.42 Å². The van der Waals surface area contributed by atoms with Crippen LogP contribution in [0.3, 0.4) is 0 Å². The van der Waals surface area contributed by atoms with E-state index in [4.69, 9.17) is 0 Å². The number of H-pyrrole nitrogens is 1. The minimum atomic E-state index is 0.868. The van der Waals surface area contributed by atoms with E-state index < -0.39 is 0 Å². The van der Waals surface area contributed by atoms with Gasteiger partial charge < -0.3 is 5.32 Å². The topological polar surface area (TPSA) is 40.7 Å². The van der Waals surface area contributed by atoms with E-state index in [-0.39, 0.29) is 0 Å². The minimum Gasteiger partial charge on any atom is -0.372 e. The maximum absolute atomic E-state index is 4.13. The third-order valence-corrected chi connectivity index (χ3v) is 2.64. The monoisotopic (exact) mass is 215 g/mol. The molecule has 2 rings (SSSR count). The normalized spacial score (nSPS) is 10.4. The molecule has 0 unspecified atom stereocenters. The molecule has 1 aromatic heterocycles. The highest BCUT2D eigenvalue weighted by Crippen LogP contribution is 2.20. The molecule has 0 aliphatic heterocycles. The molecule has 0 saturated heterocycles. The van der Waals surface area contributed by atoms with Gasteiger partial charge >= 0.3 is 0 Å². The van der Waals surface area contributed by atoms with Crippen molar-refractivity contribution >= 4 is 5.82 Å². The van der Waals surface area contributed by atoms with Crippen molar-refractivity contribution < 1.29 is 0 Å². The Morgan fingerprint density at radius 3 is 2.56 bits per heavy atom. The fraction of sp³-hybridized carbons (Fsp3) is 0.308. The molecular formula is C13H17N3. The van der Waals surface area contributed by atoms with E-state index in [1.807, 2.05) is 13.1 Å². The van der Waals surface area contributed by atoms with Gasteiger partial charge in [0, 0.05) is 13.1 Å². The predicted octanol–water partition coefficient (Wildman–Crippen LogP) is 3.07. The van der Waals surface area contributed by atoms with Crippen molar-refractivity contribution in [2.24, 2.45) is 0 Å². The van der Waals surface area contributed by atoms with Crippen molar-refractivity contribution in [1.82, 2.24) is 10.2 Å². The number of rotatable bonds is 4. The van der Waals surface area contributed by atoms with E-state index in [2.05, 4.69) is 46.7 Å². The summed E-state index contributed by atoms with van der Waals surface area (Å²) < 4.78 is 0. The number of aromatic amines is 1. The van der Waals surface area contributed by atoms with Crippen molar-refractivity contribution in [1.29, 1.82) is 0 Å². The van der Waals surface area contributed by atoms with E-state index in [9.17, 15) is 0 Å².